The van der Waals surface area contributed by atoms with Gasteiger partial charge in [-0.25, -0.2) is 4.98 Å². The average Bonchev–Trinajstić information content (AvgIpc) is 2.66. The van der Waals surface area contributed by atoms with Crippen LogP contribution in [0.25, 0.3) is 0 Å². The number of hydrogen-bond donors (Lipinski definition) is 1. The molecule has 0 amide bonds. The zero-order valence-electron chi connectivity index (χ0n) is 9.60. The summed E-state index contributed by atoms with van der Waals surface area (Å²) in [5.41, 5.74) is 1.11. The van der Waals surface area contributed by atoms with Crippen molar-refractivity contribution in [3.05, 3.63) is 18.2 Å². The molecule has 0 radical (unpaired) electrons. The van der Waals surface area contributed by atoms with Crippen molar-refractivity contribution in [1.82, 2.24) is 9.97 Å². The largest absolute Gasteiger partial charge is 0.349 e. The van der Waals surface area contributed by atoms with Gasteiger partial charge in [-0.2, -0.15) is 0 Å². The maximum absolute atomic E-state index is 3.77. The summed E-state index contributed by atoms with van der Waals surface area (Å²) in [5, 5.41) is 0. The normalized spacial score (nSPS) is 5.92. The Morgan fingerprint density at radius 2 is 1.42 bits per heavy atom. The van der Waals surface area contributed by atoms with Gasteiger partial charge in [0.1, 0.15) is 0 Å². The van der Waals surface area contributed by atoms with Crippen LogP contribution in [0.1, 0.15) is 47.2 Å². The molecule has 1 heterocycles. The number of nitrogens with zero attached hydrogens (tertiary/aromatic N) is 1. The van der Waals surface area contributed by atoms with Crippen molar-refractivity contribution in [2.24, 2.45) is 0 Å². The third-order valence-corrected chi connectivity index (χ3v) is 0.635. The van der Waals surface area contributed by atoms with Crippen LogP contribution in [-0.4, -0.2) is 9.97 Å². The number of aryl methyl sites for hydroxylation is 1. The molecule has 74 valence electrons. The zero-order chi connectivity index (χ0) is 10.4. The molecule has 0 saturated carbocycles. The summed E-state index contributed by atoms with van der Waals surface area (Å²) in [6.07, 6.45) is 3.44. The fraction of sp³-hybridized carbons (Fsp3) is 0.700. The summed E-state index contributed by atoms with van der Waals surface area (Å²) >= 11 is 0. The first-order valence-corrected chi connectivity index (χ1v) is 4.84. The predicted molar refractivity (Wildman–Crippen MR) is 57.4 cm³/mol. The van der Waals surface area contributed by atoms with Gasteiger partial charge >= 0.3 is 0 Å². The number of aromatic amines is 1. The number of rotatable bonds is 0. The second-order valence-corrected chi connectivity index (χ2v) is 1.23. The molecular formula is C10H24N2. The second-order valence-electron chi connectivity index (χ2n) is 1.23. The van der Waals surface area contributed by atoms with Crippen molar-refractivity contribution < 1.29 is 0 Å². The number of H-pyrrole nitrogens is 1. The summed E-state index contributed by atoms with van der Waals surface area (Å²) < 4.78 is 0. The highest BCUT2D eigenvalue weighted by Gasteiger charge is 1.73. The van der Waals surface area contributed by atoms with E-state index in [0.29, 0.717) is 0 Å². The lowest BCUT2D eigenvalue weighted by atomic mass is 10.6. The average molecular weight is 172 g/mol. The highest BCUT2D eigenvalue weighted by Crippen LogP contribution is 1.81. The van der Waals surface area contributed by atoms with Crippen molar-refractivity contribution in [1.29, 1.82) is 0 Å². The molecule has 2 nitrogen and oxygen atoms in total. The molecule has 1 N–H and O–H groups in total. The van der Waals surface area contributed by atoms with Gasteiger partial charge in [-0.15, -0.1) is 0 Å². The minimum Gasteiger partial charge on any atom is -0.349 e. The molecule has 0 aromatic carbocycles. The third kappa shape index (κ3) is 16.1. The first kappa shape index (κ1) is 17.3. The Morgan fingerprint density at radius 3 is 1.50 bits per heavy atom. The van der Waals surface area contributed by atoms with Crippen LogP contribution in [0, 0.1) is 6.92 Å². The van der Waals surface area contributed by atoms with E-state index in [2.05, 4.69) is 9.97 Å². The van der Waals surface area contributed by atoms with Crippen LogP contribution >= 0.6 is 0 Å². The van der Waals surface area contributed by atoms with E-state index < -0.39 is 0 Å². The fourth-order valence-corrected chi connectivity index (χ4v) is 0.325. The van der Waals surface area contributed by atoms with Crippen LogP contribution in [0.5, 0.6) is 0 Å². The van der Waals surface area contributed by atoms with Crippen molar-refractivity contribution >= 4 is 0 Å². The van der Waals surface area contributed by atoms with Crippen molar-refractivity contribution in [2.45, 2.75) is 48.5 Å². The minimum absolute atomic E-state index is 1.11. The summed E-state index contributed by atoms with van der Waals surface area (Å²) in [7, 11) is 0. The lowest BCUT2D eigenvalue weighted by Gasteiger charge is -1.67. The second kappa shape index (κ2) is 22.5. The van der Waals surface area contributed by atoms with E-state index in [1.165, 1.54) is 0 Å². The molecule has 0 unspecified atom stereocenters. The molecule has 0 fully saturated rings. The van der Waals surface area contributed by atoms with Crippen molar-refractivity contribution in [3.8, 4) is 0 Å². The van der Waals surface area contributed by atoms with Gasteiger partial charge in [0, 0.05) is 11.9 Å². The first-order valence-electron chi connectivity index (χ1n) is 4.84. The van der Waals surface area contributed by atoms with E-state index in [4.69, 9.17) is 0 Å². The van der Waals surface area contributed by atoms with Crippen molar-refractivity contribution in [3.63, 3.8) is 0 Å². The number of aromatic nitrogens is 2. The van der Waals surface area contributed by atoms with E-state index in [-0.39, 0.29) is 0 Å². The number of imidazole rings is 1. The topological polar surface area (TPSA) is 28.7 Å². The highest BCUT2D eigenvalue weighted by molar-refractivity contribution is 4.87. The van der Waals surface area contributed by atoms with Gasteiger partial charge in [-0.3, -0.25) is 0 Å². The Bertz CT molecular complexity index is 111. The molecule has 1 aromatic heterocycles. The molecule has 0 aliphatic rings. The number of hydrogen-bond acceptors (Lipinski definition) is 1. The van der Waals surface area contributed by atoms with Crippen LogP contribution in [-0.2, 0) is 0 Å². The SMILES string of the molecule is CC.CC.CC.Cc1cnc[nH]1. The van der Waals surface area contributed by atoms with Gasteiger partial charge in [0.15, 0.2) is 0 Å². The Balaban J connectivity index is -0.000000117. The molecule has 2 heteroatoms. The lowest BCUT2D eigenvalue weighted by molar-refractivity contribution is 1.25. The molecule has 0 aliphatic carbocycles. The van der Waals surface area contributed by atoms with Gasteiger partial charge in [-0.05, 0) is 6.92 Å². The monoisotopic (exact) mass is 172 g/mol. The first-order chi connectivity index (χ1) is 5.89. The Kier molecular flexibility index (Phi) is 32.4. The molecule has 1 rings (SSSR count). The summed E-state index contributed by atoms with van der Waals surface area (Å²) in [6.45, 7) is 14.0. The summed E-state index contributed by atoms with van der Waals surface area (Å²) in [5.74, 6) is 0. The molecule has 0 spiro atoms. The summed E-state index contributed by atoms with van der Waals surface area (Å²) in [6, 6.07) is 0. The fourth-order valence-electron chi connectivity index (χ4n) is 0.325. The molecular weight excluding hydrogens is 148 g/mol. The van der Waals surface area contributed by atoms with E-state index in [1.807, 2.05) is 48.5 Å². The predicted octanol–water partition coefficient (Wildman–Crippen LogP) is 3.80. The highest BCUT2D eigenvalue weighted by atomic mass is 14.8. The van der Waals surface area contributed by atoms with E-state index in [1.54, 1.807) is 12.5 Å². The lowest BCUT2D eigenvalue weighted by Crippen LogP contribution is -1.59. The zero-order valence-corrected chi connectivity index (χ0v) is 9.60. The maximum Gasteiger partial charge on any atom is 0.0921 e. The van der Waals surface area contributed by atoms with Gasteiger partial charge in [0.2, 0.25) is 0 Å². The Labute approximate surface area is 77.4 Å². The van der Waals surface area contributed by atoms with Crippen LogP contribution in [0.4, 0.5) is 0 Å². The molecule has 0 saturated heterocycles. The van der Waals surface area contributed by atoms with E-state index in [0.717, 1.165) is 5.69 Å². The quantitative estimate of drug-likeness (QED) is 0.633. The van der Waals surface area contributed by atoms with Crippen LogP contribution in [0.15, 0.2) is 12.5 Å². The molecule has 0 bridgehead atoms. The number of nitrogens with one attached hydrogen (secondary N) is 1. The van der Waals surface area contributed by atoms with Gasteiger partial charge in [0.05, 0.1) is 6.33 Å². The smallest absolute Gasteiger partial charge is 0.0921 e. The Morgan fingerprint density at radius 1 is 1.00 bits per heavy atom. The molecule has 0 aliphatic heterocycles. The van der Waals surface area contributed by atoms with Gasteiger partial charge in [0.25, 0.3) is 0 Å². The van der Waals surface area contributed by atoms with E-state index >= 15 is 0 Å². The standard InChI is InChI=1S/C4H6N2.3C2H6/c1-4-2-5-3-6-4;3*1-2/h2-3H,1H3,(H,5,6);3*1-2H3. The molecule has 0 atom stereocenters. The van der Waals surface area contributed by atoms with Gasteiger partial charge < -0.3 is 4.98 Å². The van der Waals surface area contributed by atoms with Gasteiger partial charge in [-0.1, -0.05) is 41.5 Å². The van der Waals surface area contributed by atoms with Crippen LogP contribution < -0.4 is 0 Å². The summed E-state index contributed by atoms with van der Waals surface area (Å²) in [4.78, 5) is 6.66. The van der Waals surface area contributed by atoms with Crippen molar-refractivity contribution in [2.75, 3.05) is 0 Å². The van der Waals surface area contributed by atoms with E-state index in [9.17, 15) is 0 Å². The molecule has 1 aromatic rings. The van der Waals surface area contributed by atoms with Crippen LogP contribution in [0.2, 0.25) is 0 Å². The van der Waals surface area contributed by atoms with Crippen LogP contribution in [0.3, 0.4) is 0 Å². The maximum atomic E-state index is 3.77. The Hall–Kier alpha value is -0.790. The minimum atomic E-state index is 1.11. The third-order valence-electron chi connectivity index (χ3n) is 0.635. The molecule has 12 heavy (non-hydrogen) atoms.